The molecule has 1 rings (SSSR count). The molecule has 1 aromatic heterocycles. The number of rotatable bonds is 8. The molecular formula is C17H34N4. The van der Waals surface area contributed by atoms with Crippen molar-refractivity contribution in [2.75, 3.05) is 6.54 Å². The third-order valence-electron chi connectivity index (χ3n) is 3.43. The fraction of sp³-hybridized carbons (Fsp3) is 0.882. The van der Waals surface area contributed by atoms with Crippen molar-refractivity contribution in [2.45, 2.75) is 73.4 Å². The molecule has 21 heavy (non-hydrogen) atoms. The van der Waals surface area contributed by atoms with Crippen LogP contribution in [0.15, 0.2) is 6.33 Å². The van der Waals surface area contributed by atoms with Crippen LogP contribution in [0.1, 0.15) is 60.7 Å². The van der Waals surface area contributed by atoms with E-state index in [-0.39, 0.29) is 5.54 Å². The molecule has 0 spiro atoms. The highest BCUT2D eigenvalue weighted by Crippen LogP contribution is 2.17. The summed E-state index contributed by atoms with van der Waals surface area (Å²) in [7, 11) is 0. The van der Waals surface area contributed by atoms with Crippen molar-refractivity contribution in [1.29, 1.82) is 0 Å². The summed E-state index contributed by atoms with van der Waals surface area (Å²) in [5, 5.41) is 8.03. The first-order valence-corrected chi connectivity index (χ1v) is 8.29. The third kappa shape index (κ3) is 7.60. The Morgan fingerprint density at radius 3 is 2.33 bits per heavy atom. The third-order valence-corrected chi connectivity index (χ3v) is 3.43. The smallest absolute Gasteiger partial charge is 0.138 e. The Hall–Kier alpha value is -0.900. The minimum absolute atomic E-state index is 0.167. The zero-order chi connectivity index (χ0) is 16.0. The quantitative estimate of drug-likeness (QED) is 0.797. The van der Waals surface area contributed by atoms with Crippen LogP contribution in [-0.4, -0.2) is 26.8 Å². The van der Waals surface area contributed by atoms with Crippen LogP contribution in [0, 0.1) is 17.8 Å². The molecule has 0 aromatic carbocycles. The van der Waals surface area contributed by atoms with Crippen LogP contribution in [0.25, 0.3) is 0 Å². The fourth-order valence-electron chi connectivity index (χ4n) is 2.56. The van der Waals surface area contributed by atoms with Crippen LogP contribution in [0.4, 0.5) is 0 Å². The molecule has 122 valence electrons. The first-order valence-electron chi connectivity index (χ1n) is 8.29. The fourth-order valence-corrected chi connectivity index (χ4v) is 2.56. The van der Waals surface area contributed by atoms with Gasteiger partial charge >= 0.3 is 0 Å². The van der Waals surface area contributed by atoms with Gasteiger partial charge in [0.05, 0.1) is 0 Å². The highest BCUT2D eigenvalue weighted by atomic mass is 15.3. The first kappa shape index (κ1) is 18.1. The molecule has 1 aromatic rings. The maximum atomic E-state index is 4.48. The zero-order valence-corrected chi connectivity index (χ0v) is 15.0. The van der Waals surface area contributed by atoms with Gasteiger partial charge in [0.25, 0.3) is 0 Å². The van der Waals surface area contributed by atoms with Gasteiger partial charge in [-0.3, -0.25) is 0 Å². The standard InChI is InChI=1S/C17H34N4/c1-13(2)8-15(10-19-17(5,6)7)9-16-18-12-20-21(16)11-14(3)4/h12-15,19H,8-11H2,1-7H3. The van der Waals surface area contributed by atoms with Gasteiger partial charge in [-0.1, -0.05) is 27.7 Å². The summed E-state index contributed by atoms with van der Waals surface area (Å²) < 4.78 is 2.08. The second-order valence-electron chi connectivity index (χ2n) is 8.08. The molecule has 0 bridgehead atoms. The van der Waals surface area contributed by atoms with E-state index in [1.807, 2.05) is 0 Å². The van der Waals surface area contributed by atoms with Crippen LogP contribution in [0.2, 0.25) is 0 Å². The first-order chi connectivity index (χ1) is 9.67. The summed E-state index contributed by atoms with van der Waals surface area (Å²) >= 11 is 0. The lowest BCUT2D eigenvalue weighted by Crippen LogP contribution is -2.40. The Bertz CT molecular complexity index is 401. The van der Waals surface area contributed by atoms with Crippen molar-refractivity contribution >= 4 is 0 Å². The molecule has 0 fully saturated rings. The number of hydrogen-bond acceptors (Lipinski definition) is 3. The number of aromatic nitrogens is 3. The Kier molecular flexibility index (Phi) is 6.85. The van der Waals surface area contributed by atoms with Crippen LogP contribution in [0.5, 0.6) is 0 Å². The van der Waals surface area contributed by atoms with Crippen molar-refractivity contribution in [1.82, 2.24) is 20.1 Å². The van der Waals surface area contributed by atoms with Gasteiger partial charge in [-0.05, 0) is 51.5 Å². The monoisotopic (exact) mass is 294 g/mol. The Balaban J connectivity index is 2.69. The van der Waals surface area contributed by atoms with E-state index in [9.17, 15) is 0 Å². The number of nitrogens with one attached hydrogen (secondary N) is 1. The molecular weight excluding hydrogens is 260 g/mol. The lowest BCUT2D eigenvalue weighted by Gasteiger charge is -2.26. The van der Waals surface area contributed by atoms with Gasteiger partial charge in [0, 0.05) is 18.5 Å². The van der Waals surface area contributed by atoms with E-state index in [1.54, 1.807) is 6.33 Å². The molecule has 0 aliphatic rings. The molecule has 0 saturated carbocycles. The summed E-state index contributed by atoms with van der Waals surface area (Å²) in [4.78, 5) is 4.48. The number of hydrogen-bond donors (Lipinski definition) is 1. The molecule has 4 heteroatoms. The van der Waals surface area contributed by atoms with Crippen molar-refractivity contribution in [3.63, 3.8) is 0 Å². The summed E-state index contributed by atoms with van der Waals surface area (Å²) in [5.74, 6) is 3.05. The highest BCUT2D eigenvalue weighted by Gasteiger charge is 2.18. The van der Waals surface area contributed by atoms with Crippen molar-refractivity contribution < 1.29 is 0 Å². The predicted molar refractivity (Wildman–Crippen MR) is 89.3 cm³/mol. The molecule has 0 aliphatic carbocycles. The maximum Gasteiger partial charge on any atom is 0.138 e. The second-order valence-corrected chi connectivity index (χ2v) is 8.08. The summed E-state index contributed by atoms with van der Waals surface area (Å²) in [6.07, 6.45) is 3.92. The van der Waals surface area contributed by atoms with Crippen molar-refractivity contribution in [2.24, 2.45) is 17.8 Å². The molecule has 0 aliphatic heterocycles. The average molecular weight is 294 g/mol. The van der Waals surface area contributed by atoms with Crippen molar-refractivity contribution in [3.8, 4) is 0 Å². The Morgan fingerprint density at radius 2 is 1.81 bits per heavy atom. The molecule has 1 N–H and O–H groups in total. The van der Waals surface area contributed by atoms with Gasteiger partial charge in [0.1, 0.15) is 12.2 Å². The van der Waals surface area contributed by atoms with Gasteiger partial charge in [0.15, 0.2) is 0 Å². The average Bonchev–Trinajstić information content (AvgIpc) is 2.71. The normalized spacial score (nSPS) is 14.1. The van der Waals surface area contributed by atoms with E-state index in [1.165, 1.54) is 6.42 Å². The van der Waals surface area contributed by atoms with Gasteiger partial charge in [-0.2, -0.15) is 5.10 Å². The van der Waals surface area contributed by atoms with E-state index in [2.05, 4.69) is 68.5 Å². The highest BCUT2D eigenvalue weighted by molar-refractivity contribution is 4.89. The Morgan fingerprint density at radius 1 is 1.14 bits per heavy atom. The van der Waals surface area contributed by atoms with E-state index in [4.69, 9.17) is 0 Å². The molecule has 0 saturated heterocycles. The lowest BCUT2D eigenvalue weighted by atomic mass is 9.92. The van der Waals surface area contributed by atoms with Crippen LogP contribution in [-0.2, 0) is 13.0 Å². The molecule has 0 radical (unpaired) electrons. The van der Waals surface area contributed by atoms with E-state index < -0.39 is 0 Å². The lowest BCUT2D eigenvalue weighted by molar-refractivity contribution is 0.322. The van der Waals surface area contributed by atoms with Crippen LogP contribution in [0.3, 0.4) is 0 Å². The molecule has 4 nitrogen and oxygen atoms in total. The van der Waals surface area contributed by atoms with Gasteiger partial charge in [-0.15, -0.1) is 0 Å². The van der Waals surface area contributed by atoms with Crippen molar-refractivity contribution in [3.05, 3.63) is 12.2 Å². The Labute approximate surface area is 130 Å². The minimum atomic E-state index is 0.167. The predicted octanol–water partition coefficient (Wildman–Crippen LogP) is 3.53. The summed E-state index contributed by atoms with van der Waals surface area (Å²) in [5.41, 5.74) is 0.167. The van der Waals surface area contributed by atoms with Crippen LogP contribution >= 0.6 is 0 Å². The topological polar surface area (TPSA) is 42.7 Å². The van der Waals surface area contributed by atoms with E-state index in [0.29, 0.717) is 17.8 Å². The van der Waals surface area contributed by atoms with Gasteiger partial charge in [-0.25, -0.2) is 9.67 Å². The minimum Gasteiger partial charge on any atom is -0.312 e. The van der Waals surface area contributed by atoms with Gasteiger partial charge < -0.3 is 5.32 Å². The van der Waals surface area contributed by atoms with E-state index in [0.717, 1.165) is 25.3 Å². The molecule has 0 amide bonds. The second kappa shape index (κ2) is 7.92. The summed E-state index contributed by atoms with van der Waals surface area (Å²) in [6.45, 7) is 17.7. The zero-order valence-electron chi connectivity index (χ0n) is 15.0. The summed E-state index contributed by atoms with van der Waals surface area (Å²) in [6, 6.07) is 0. The number of nitrogens with zero attached hydrogens (tertiary/aromatic N) is 3. The molecule has 1 atom stereocenters. The maximum absolute atomic E-state index is 4.48. The molecule has 1 heterocycles. The van der Waals surface area contributed by atoms with E-state index >= 15 is 0 Å². The van der Waals surface area contributed by atoms with Crippen LogP contribution < -0.4 is 5.32 Å². The largest absolute Gasteiger partial charge is 0.312 e. The molecule has 1 unspecified atom stereocenters. The van der Waals surface area contributed by atoms with Gasteiger partial charge in [0.2, 0.25) is 0 Å². The SMILES string of the molecule is CC(C)CC(CNC(C)(C)C)Cc1ncnn1CC(C)C.